The van der Waals surface area contributed by atoms with E-state index in [4.69, 9.17) is 4.42 Å². The Balaban J connectivity index is 1.56. The quantitative estimate of drug-likeness (QED) is 0.864. The standard InChI is InChI=1S/C16H17NO2S/c18-16(12-5-2-1-3-6-12)17-10-14-9-13(11-20-14)15-7-4-8-19-15/h1-2,4,7-9,11-12H,3,5-6,10H2,(H,17,18). The number of amides is 1. The number of allylic oxidation sites excluding steroid dienone is 2. The Hall–Kier alpha value is -1.81. The first-order valence-electron chi connectivity index (χ1n) is 6.87. The van der Waals surface area contributed by atoms with Crippen LogP contribution in [0.15, 0.2) is 46.4 Å². The van der Waals surface area contributed by atoms with Gasteiger partial charge in [-0.3, -0.25) is 4.79 Å². The Kier molecular flexibility index (Phi) is 4.02. The van der Waals surface area contributed by atoms with Gasteiger partial charge in [0.25, 0.3) is 0 Å². The molecule has 0 spiro atoms. The highest BCUT2D eigenvalue weighted by Crippen LogP contribution is 2.26. The Morgan fingerprint density at radius 3 is 3.15 bits per heavy atom. The molecule has 3 nitrogen and oxygen atoms in total. The zero-order valence-electron chi connectivity index (χ0n) is 11.2. The molecule has 1 atom stereocenters. The maximum absolute atomic E-state index is 12.0. The van der Waals surface area contributed by atoms with E-state index in [0.717, 1.165) is 35.5 Å². The summed E-state index contributed by atoms with van der Waals surface area (Å²) in [4.78, 5) is 13.2. The smallest absolute Gasteiger partial charge is 0.223 e. The first-order valence-corrected chi connectivity index (χ1v) is 7.75. The SMILES string of the molecule is O=C(NCc1cc(-c2ccco2)cs1)C1CC=CCC1. The van der Waals surface area contributed by atoms with Gasteiger partial charge in [0.05, 0.1) is 12.8 Å². The van der Waals surface area contributed by atoms with Crippen LogP contribution in [0, 0.1) is 5.92 Å². The van der Waals surface area contributed by atoms with Crippen molar-refractivity contribution < 1.29 is 9.21 Å². The number of rotatable bonds is 4. The molecular weight excluding hydrogens is 270 g/mol. The molecule has 0 aromatic carbocycles. The average Bonchev–Trinajstić information content (AvgIpc) is 3.16. The summed E-state index contributed by atoms with van der Waals surface area (Å²) in [6.45, 7) is 0.602. The van der Waals surface area contributed by atoms with Gasteiger partial charge in [0, 0.05) is 21.7 Å². The number of nitrogens with one attached hydrogen (secondary N) is 1. The number of hydrogen-bond acceptors (Lipinski definition) is 3. The fraction of sp³-hybridized carbons (Fsp3) is 0.312. The van der Waals surface area contributed by atoms with Gasteiger partial charge in [0.15, 0.2) is 0 Å². The van der Waals surface area contributed by atoms with Gasteiger partial charge < -0.3 is 9.73 Å². The lowest BCUT2D eigenvalue weighted by atomic mass is 9.94. The molecule has 1 amide bonds. The van der Waals surface area contributed by atoms with E-state index in [-0.39, 0.29) is 11.8 Å². The highest BCUT2D eigenvalue weighted by molar-refractivity contribution is 7.10. The van der Waals surface area contributed by atoms with Crippen LogP contribution in [0.1, 0.15) is 24.1 Å². The van der Waals surface area contributed by atoms with Gasteiger partial charge >= 0.3 is 0 Å². The minimum absolute atomic E-state index is 0.143. The lowest BCUT2D eigenvalue weighted by Crippen LogP contribution is -2.30. The highest BCUT2D eigenvalue weighted by atomic mass is 32.1. The Bertz CT molecular complexity index is 598. The van der Waals surface area contributed by atoms with Gasteiger partial charge in [-0.2, -0.15) is 0 Å². The van der Waals surface area contributed by atoms with Crippen LogP contribution >= 0.6 is 11.3 Å². The zero-order chi connectivity index (χ0) is 13.8. The molecule has 1 unspecified atom stereocenters. The van der Waals surface area contributed by atoms with E-state index in [1.54, 1.807) is 17.6 Å². The number of thiophene rings is 1. The summed E-state index contributed by atoms with van der Waals surface area (Å²) in [5.74, 6) is 1.18. The molecule has 2 aromatic heterocycles. The molecule has 2 heterocycles. The summed E-state index contributed by atoms with van der Waals surface area (Å²) in [5.41, 5.74) is 1.07. The van der Waals surface area contributed by atoms with E-state index in [2.05, 4.69) is 28.9 Å². The third kappa shape index (κ3) is 3.02. The largest absolute Gasteiger partial charge is 0.464 e. The molecule has 0 saturated carbocycles. The van der Waals surface area contributed by atoms with Crippen molar-refractivity contribution in [1.29, 1.82) is 0 Å². The predicted molar refractivity (Wildman–Crippen MR) is 80.3 cm³/mol. The maximum atomic E-state index is 12.0. The number of carbonyl (C=O) groups excluding carboxylic acids is 1. The molecule has 104 valence electrons. The Morgan fingerprint density at radius 2 is 2.40 bits per heavy atom. The molecule has 20 heavy (non-hydrogen) atoms. The monoisotopic (exact) mass is 287 g/mol. The fourth-order valence-corrected chi connectivity index (χ4v) is 3.21. The number of furan rings is 1. The lowest BCUT2D eigenvalue weighted by Gasteiger charge is -2.16. The van der Waals surface area contributed by atoms with Gasteiger partial charge in [0.1, 0.15) is 5.76 Å². The third-order valence-electron chi connectivity index (χ3n) is 3.54. The van der Waals surface area contributed by atoms with Crippen LogP contribution in [0.4, 0.5) is 0 Å². The van der Waals surface area contributed by atoms with Crippen molar-refractivity contribution in [3.05, 3.63) is 46.9 Å². The predicted octanol–water partition coefficient (Wildman–Crippen LogP) is 3.98. The molecule has 0 radical (unpaired) electrons. The van der Waals surface area contributed by atoms with Crippen molar-refractivity contribution in [1.82, 2.24) is 5.32 Å². The molecule has 1 aliphatic carbocycles. The van der Waals surface area contributed by atoms with Crippen LogP contribution in [0.25, 0.3) is 11.3 Å². The van der Waals surface area contributed by atoms with E-state index in [9.17, 15) is 4.79 Å². The van der Waals surface area contributed by atoms with Crippen molar-refractivity contribution in [2.24, 2.45) is 5.92 Å². The zero-order valence-corrected chi connectivity index (χ0v) is 12.0. The van der Waals surface area contributed by atoms with Crippen LogP contribution in [0.3, 0.4) is 0 Å². The molecular formula is C16H17NO2S. The maximum Gasteiger partial charge on any atom is 0.223 e. The molecule has 4 heteroatoms. The molecule has 2 aromatic rings. The van der Waals surface area contributed by atoms with Gasteiger partial charge in [0.2, 0.25) is 5.91 Å². The van der Waals surface area contributed by atoms with Crippen LogP contribution in [0.5, 0.6) is 0 Å². The van der Waals surface area contributed by atoms with Gasteiger partial charge in [-0.25, -0.2) is 0 Å². The normalized spacial score (nSPS) is 18.1. The first kappa shape index (κ1) is 13.2. The third-order valence-corrected chi connectivity index (χ3v) is 4.47. The van der Waals surface area contributed by atoms with Crippen LogP contribution in [0.2, 0.25) is 0 Å². The molecule has 1 N–H and O–H groups in total. The summed E-state index contributed by atoms with van der Waals surface area (Å²) in [5, 5.41) is 5.09. The number of carbonyl (C=O) groups is 1. The summed E-state index contributed by atoms with van der Waals surface area (Å²) >= 11 is 1.65. The van der Waals surface area contributed by atoms with E-state index >= 15 is 0 Å². The molecule has 0 bridgehead atoms. The van der Waals surface area contributed by atoms with Gasteiger partial charge in [-0.05, 0) is 37.5 Å². The fourth-order valence-electron chi connectivity index (χ4n) is 2.40. The van der Waals surface area contributed by atoms with E-state index < -0.39 is 0 Å². The second-order valence-electron chi connectivity index (χ2n) is 4.98. The van der Waals surface area contributed by atoms with Crippen molar-refractivity contribution in [2.75, 3.05) is 0 Å². The Morgan fingerprint density at radius 1 is 1.45 bits per heavy atom. The van der Waals surface area contributed by atoms with Crippen LogP contribution in [-0.4, -0.2) is 5.91 Å². The molecule has 3 rings (SSSR count). The van der Waals surface area contributed by atoms with E-state index in [0.29, 0.717) is 6.54 Å². The second kappa shape index (κ2) is 6.09. The minimum Gasteiger partial charge on any atom is -0.464 e. The summed E-state index contributed by atoms with van der Waals surface area (Å²) < 4.78 is 5.37. The van der Waals surface area contributed by atoms with Crippen molar-refractivity contribution in [2.45, 2.75) is 25.8 Å². The van der Waals surface area contributed by atoms with Gasteiger partial charge in [-0.15, -0.1) is 11.3 Å². The molecule has 0 saturated heterocycles. The summed E-state index contributed by atoms with van der Waals surface area (Å²) in [6.07, 6.45) is 8.77. The number of hydrogen-bond donors (Lipinski definition) is 1. The minimum atomic E-state index is 0.143. The molecule has 0 fully saturated rings. The summed E-state index contributed by atoms with van der Waals surface area (Å²) in [6, 6.07) is 5.90. The van der Waals surface area contributed by atoms with Crippen molar-refractivity contribution in [3.63, 3.8) is 0 Å². The Labute approximate surface area is 122 Å². The van der Waals surface area contributed by atoms with Crippen molar-refractivity contribution in [3.8, 4) is 11.3 Å². The van der Waals surface area contributed by atoms with E-state index in [1.807, 2.05) is 12.1 Å². The average molecular weight is 287 g/mol. The van der Waals surface area contributed by atoms with E-state index in [1.165, 1.54) is 0 Å². The van der Waals surface area contributed by atoms with Crippen molar-refractivity contribution >= 4 is 17.2 Å². The molecule has 0 aliphatic heterocycles. The molecule has 1 aliphatic rings. The van der Waals surface area contributed by atoms with Crippen LogP contribution in [-0.2, 0) is 11.3 Å². The second-order valence-corrected chi connectivity index (χ2v) is 5.97. The van der Waals surface area contributed by atoms with Crippen LogP contribution < -0.4 is 5.32 Å². The van der Waals surface area contributed by atoms with Gasteiger partial charge in [-0.1, -0.05) is 12.2 Å². The lowest BCUT2D eigenvalue weighted by molar-refractivity contribution is -0.125. The first-order chi connectivity index (χ1) is 9.83. The topological polar surface area (TPSA) is 42.2 Å². The highest BCUT2D eigenvalue weighted by Gasteiger charge is 2.18. The summed E-state index contributed by atoms with van der Waals surface area (Å²) in [7, 11) is 0.